The van der Waals surface area contributed by atoms with Gasteiger partial charge in [-0.3, -0.25) is 0 Å². The van der Waals surface area contributed by atoms with Crippen LogP contribution in [0.15, 0.2) is 48.5 Å². The highest BCUT2D eigenvalue weighted by Gasteiger charge is 2.33. The third-order valence-corrected chi connectivity index (χ3v) is 3.20. The van der Waals surface area contributed by atoms with Crippen LogP contribution in [0.4, 0.5) is 13.2 Å². The smallest absolute Gasteiger partial charge is 0.166 e. The van der Waals surface area contributed by atoms with Gasteiger partial charge in [0, 0.05) is 6.42 Å². The van der Waals surface area contributed by atoms with Crippen molar-refractivity contribution in [3.05, 3.63) is 71.7 Å². The number of alkyl halides is 3. The van der Waals surface area contributed by atoms with Crippen molar-refractivity contribution in [2.24, 2.45) is 0 Å². The maximum absolute atomic E-state index is 13.1. The van der Waals surface area contributed by atoms with E-state index in [2.05, 4.69) is 0 Å². The van der Waals surface area contributed by atoms with Crippen LogP contribution in [0.5, 0.6) is 0 Å². The van der Waals surface area contributed by atoms with E-state index in [4.69, 9.17) is 0 Å². The van der Waals surface area contributed by atoms with Crippen LogP contribution in [-0.4, -0.2) is 0 Å². The third-order valence-electron chi connectivity index (χ3n) is 3.20. The quantitative estimate of drug-likeness (QED) is 0.679. The van der Waals surface area contributed by atoms with E-state index in [1.54, 1.807) is 18.2 Å². The number of hydrogen-bond donors (Lipinski definition) is 0. The molecule has 0 heterocycles. The van der Waals surface area contributed by atoms with E-state index < -0.39 is 11.7 Å². The molecule has 0 amide bonds. The predicted molar refractivity (Wildman–Crippen MR) is 69.3 cm³/mol. The highest BCUT2D eigenvalue weighted by atomic mass is 19.4. The van der Waals surface area contributed by atoms with Crippen LogP contribution in [0.1, 0.15) is 16.7 Å². The van der Waals surface area contributed by atoms with E-state index in [0.29, 0.717) is 5.56 Å². The molecular weight excluding hydrogens is 249 g/mol. The molecular formula is C16H10F3. The first kappa shape index (κ1) is 12.0. The summed E-state index contributed by atoms with van der Waals surface area (Å²) in [5.41, 5.74) is 2.06. The SMILES string of the molecule is FC(F)(F)c1ccccc1-c1cccc2c1C=C[CH]2. The Hall–Kier alpha value is -2.03. The monoisotopic (exact) mass is 259 g/mol. The Morgan fingerprint density at radius 2 is 1.53 bits per heavy atom. The second-order valence-corrected chi connectivity index (χ2v) is 4.38. The van der Waals surface area contributed by atoms with Crippen molar-refractivity contribution in [3.63, 3.8) is 0 Å². The van der Waals surface area contributed by atoms with Gasteiger partial charge in [-0.25, -0.2) is 0 Å². The number of benzene rings is 2. The van der Waals surface area contributed by atoms with E-state index in [-0.39, 0.29) is 5.56 Å². The molecule has 1 aliphatic rings. The molecule has 0 spiro atoms. The molecule has 0 bridgehead atoms. The lowest BCUT2D eigenvalue weighted by Crippen LogP contribution is -2.07. The molecule has 1 radical (unpaired) electrons. The Kier molecular flexibility index (Phi) is 2.70. The summed E-state index contributed by atoms with van der Waals surface area (Å²) in [7, 11) is 0. The maximum atomic E-state index is 13.1. The van der Waals surface area contributed by atoms with Crippen molar-refractivity contribution in [1.29, 1.82) is 0 Å². The van der Waals surface area contributed by atoms with Gasteiger partial charge in [-0.1, -0.05) is 48.6 Å². The summed E-state index contributed by atoms with van der Waals surface area (Å²) in [4.78, 5) is 0. The van der Waals surface area contributed by atoms with Crippen LogP contribution in [0, 0.1) is 6.42 Å². The largest absolute Gasteiger partial charge is 0.417 e. The van der Waals surface area contributed by atoms with Crippen LogP contribution in [0.3, 0.4) is 0 Å². The zero-order valence-electron chi connectivity index (χ0n) is 9.91. The molecule has 2 aromatic rings. The van der Waals surface area contributed by atoms with Gasteiger partial charge < -0.3 is 0 Å². The molecule has 0 aliphatic heterocycles. The topological polar surface area (TPSA) is 0 Å². The van der Waals surface area contributed by atoms with Gasteiger partial charge in [0.25, 0.3) is 0 Å². The van der Waals surface area contributed by atoms with Gasteiger partial charge >= 0.3 is 6.18 Å². The van der Waals surface area contributed by atoms with Gasteiger partial charge in [-0.15, -0.1) is 0 Å². The maximum Gasteiger partial charge on any atom is 0.417 e. The van der Waals surface area contributed by atoms with Gasteiger partial charge in [0.1, 0.15) is 0 Å². The van der Waals surface area contributed by atoms with E-state index in [1.165, 1.54) is 12.1 Å². The molecule has 0 saturated carbocycles. The molecule has 95 valence electrons. The average molecular weight is 259 g/mol. The highest BCUT2D eigenvalue weighted by Crippen LogP contribution is 2.40. The lowest BCUT2D eigenvalue weighted by atomic mass is 9.93. The Morgan fingerprint density at radius 1 is 0.789 bits per heavy atom. The first-order valence-electron chi connectivity index (χ1n) is 5.88. The normalized spacial score (nSPS) is 13.6. The third kappa shape index (κ3) is 2.05. The minimum atomic E-state index is -4.34. The molecule has 0 nitrogen and oxygen atoms in total. The highest BCUT2D eigenvalue weighted by molar-refractivity contribution is 5.83. The number of hydrogen-bond acceptors (Lipinski definition) is 0. The fourth-order valence-corrected chi connectivity index (χ4v) is 2.36. The lowest BCUT2D eigenvalue weighted by Gasteiger charge is -2.15. The Labute approximate surface area is 109 Å². The summed E-state index contributed by atoms with van der Waals surface area (Å²) < 4.78 is 39.2. The molecule has 0 atom stereocenters. The molecule has 3 rings (SSSR count). The van der Waals surface area contributed by atoms with Gasteiger partial charge in [0.15, 0.2) is 0 Å². The summed E-state index contributed by atoms with van der Waals surface area (Å²) in [5, 5.41) is 0. The minimum absolute atomic E-state index is 0.229. The fourth-order valence-electron chi connectivity index (χ4n) is 2.36. The van der Waals surface area contributed by atoms with E-state index in [9.17, 15) is 13.2 Å². The molecule has 0 saturated heterocycles. The predicted octanol–water partition coefficient (Wildman–Crippen LogP) is 4.95. The molecule has 19 heavy (non-hydrogen) atoms. The van der Waals surface area contributed by atoms with Crippen molar-refractivity contribution >= 4 is 6.08 Å². The number of fused-ring (bicyclic) bond motifs is 1. The zero-order chi connectivity index (χ0) is 13.5. The van der Waals surface area contributed by atoms with Gasteiger partial charge in [-0.2, -0.15) is 13.2 Å². The Morgan fingerprint density at radius 3 is 2.32 bits per heavy atom. The minimum Gasteiger partial charge on any atom is -0.166 e. The molecule has 1 aliphatic carbocycles. The molecule has 0 aromatic heterocycles. The summed E-state index contributed by atoms with van der Waals surface area (Å²) in [6.45, 7) is 0. The fraction of sp³-hybridized carbons (Fsp3) is 0.0625. The molecule has 0 N–H and O–H groups in total. The number of allylic oxidation sites excluding steroid dienone is 1. The molecule has 2 aromatic carbocycles. The summed E-state index contributed by atoms with van der Waals surface area (Å²) in [6.07, 6.45) is 1.25. The second kappa shape index (κ2) is 4.26. The summed E-state index contributed by atoms with van der Waals surface area (Å²) in [5.74, 6) is 0. The Balaban J connectivity index is 2.24. The van der Waals surface area contributed by atoms with E-state index in [1.807, 2.05) is 24.6 Å². The van der Waals surface area contributed by atoms with Crippen LogP contribution < -0.4 is 0 Å². The van der Waals surface area contributed by atoms with Crippen LogP contribution >= 0.6 is 0 Å². The van der Waals surface area contributed by atoms with Crippen LogP contribution in [-0.2, 0) is 6.18 Å². The zero-order valence-corrected chi connectivity index (χ0v) is 9.91. The first-order valence-corrected chi connectivity index (χ1v) is 5.88. The number of halogens is 3. The Bertz CT molecular complexity index is 651. The van der Waals surface area contributed by atoms with Crippen molar-refractivity contribution < 1.29 is 13.2 Å². The van der Waals surface area contributed by atoms with E-state index in [0.717, 1.165) is 17.2 Å². The van der Waals surface area contributed by atoms with Crippen molar-refractivity contribution in [1.82, 2.24) is 0 Å². The van der Waals surface area contributed by atoms with Gasteiger partial charge in [0.05, 0.1) is 5.56 Å². The lowest BCUT2D eigenvalue weighted by molar-refractivity contribution is -0.137. The van der Waals surface area contributed by atoms with Gasteiger partial charge in [0.2, 0.25) is 0 Å². The number of rotatable bonds is 1. The molecule has 0 unspecified atom stereocenters. The summed E-state index contributed by atoms with van der Waals surface area (Å²) in [6, 6.07) is 11.1. The van der Waals surface area contributed by atoms with Gasteiger partial charge in [-0.05, 0) is 28.3 Å². The van der Waals surface area contributed by atoms with Crippen LogP contribution in [0.25, 0.3) is 17.2 Å². The van der Waals surface area contributed by atoms with Crippen molar-refractivity contribution in [2.75, 3.05) is 0 Å². The standard InChI is InChI=1S/C16H10F3/c17-16(18,19)15-10-2-1-7-14(15)13-9-4-6-11-5-3-8-12(11)13/h1-10H. The van der Waals surface area contributed by atoms with Crippen LogP contribution in [0.2, 0.25) is 0 Å². The van der Waals surface area contributed by atoms with E-state index >= 15 is 0 Å². The average Bonchev–Trinajstić information content (AvgIpc) is 2.85. The second-order valence-electron chi connectivity index (χ2n) is 4.38. The molecule has 3 heteroatoms. The molecule has 0 fully saturated rings. The van der Waals surface area contributed by atoms with Crippen molar-refractivity contribution in [3.8, 4) is 11.1 Å². The summed E-state index contributed by atoms with van der Waals surface area (Å²) >= 11 is 0. The van der Waals surface area contributed by atoms with Crippen molar-refractivity contribution in [2.45, 2.75) is 6.18 Å². The first-order chi connectivity index (χ1) is 9.07.